The largest absolute Gasteiger partial charge is 0.206 e. The van der Waals surface area contributed by atoms with Crippen molar-refractivity contribution in [1.82, 2.24) is 0 Å². The number of hydrogen-bond donors (Lipinski definition) is 0. The third kappa shape index (κ3) is 5.14. The summed E-state index contributed by atoms with van der Waals surface area (Å²) in [7, 11) is 0. The van der Waals surface area contributed by atoms with E-state index in [-0.39, 0.29) is 10.9 Å². The molecule has 0 aromatic heterocycles. The van der Waals surface area contributed by atoms with E-state index in [4.69, 9.17) is 0 Å². The molecule has 1 aliphatic carbocycles. The Morgan fingerprint density at radius 3 is 2.29 bits per heavy atom. The van der Waals surface area contributed by atoms with Gasteiger partial charge >= 0.3 is 0 Å². The molecule has 0 radical (unpaired) electrons. The molecular formula is C31H33F3. The number of allylic oxidation sites excluding steroid dienone is 3. The van der Waals surface area contributed by atoms with Crippen LogP contribution in [0.3, 0.4) is 0 Å². The molecule has 0 heterocycles. The van der Waals surface area contributed by atoms with E-state index in [9.17, 15) is 8.78 Å². The lowest BCUT2D eigenvalue weighted by Gasteiger charge is -2.28. The molecule has 0 amide bonds. The Bertz CT molecular complexity index is 1170. The Morgan fingerprint density at radius 2 is 1.62 bits per heavy atom. The highest BCUT2D eigenvalue weighted by Crippen LogP contribution is 2.39. The van der Waals surface area contributed by atoms with Crippen molar-refractivity contribution in [3.8, 4) is 11.1 Å². The van der Waals surface area contributed by atoms with Crippen molar-refractivity contribution < 1.29 is 13.2 Å². The number of fused-ring (bicyclic) bond motifs is 1. The van der Waals surface area contributed by atoms with E-state index in [1.54, 1.807) is 18.2 Å². The number of hydrogen-bond acceptors (Lipinski definition) is 0. The molecule has 178 valence electrons. The van der Waals surface area contributed by atoms with Crippen molar-refractivity contribution >= 4 is 10.8 Å². The number of halogens is 3. The van der Waals surface area contributed by atoms with E-state index >= 15 is 4.39 Å². The zero-order chi connectivity index (χ0) is 24.1. The van der Waals surface area contributed by atoms with Gasteiger partial charge in [0, 0.05) is 5.56 Å². The first kappa shape index (κ1) is 24.3. The molecule has 1 saturated carbocycles. The van der Waals surface area contributed by atoms with Crippen LogP contribution in [0.4, 0.5) is 13.2 Å². The van der Waals surface area contributed by atoms with Gasteiger partial charge in [0.15, 0.2) is 11.6 Å². The molecular weight excluding hydrogens is 429 g/mol. The Balaban J connectivity index is 1.55. The molecule has 1 aliphatic rings. The standard InChI is InChI=1S/C31H33F3/c1-3-5-7-9-26-20-25-18-19-27(30(33)28(25)31(34)29(26)32)24-16-14-23(15-17-24)22-12-10-21(11-13-22)8-6-4-2/h3-5,14-22H,2,6-13H2,1H3/b5-3+. The molecule has 34 heavy (non-hydrogen) atoms. The molecule has 1 fully saturated rings. The van der Waals surface area contributed by atoms with E-state index in [0.29, 0.717) is 35.3 Å². The normalized spacial score (nSPS) is 18.6. The van der Waals surface area contributed by atoms with Gasteiger partial charge in [0.1, 0.15) is 5.82 Å². The number of aryl methyl sites for hydroxylation is 1. The maximum atomic E-state index is 15.4. The molecule has 0 N–H and O–H groups in total. The Hall–Kier alpha value is -2.81. The zero-order valence-electron chi connectivity index (χ0n) is 19.9. The summed E-state index contributed by atoms with van der Waals surface area (Å²) in [6, 6.07) is 12.9. The Morgan fingerprint density at radius 1 is 0.882 bits per heavy atom. The fourth-order valence-electron chi connectivity index (χ4n) is 5.32. The van der Waals surface area contributed by atoms with Crippen LogP contribution >= 0.6 is 0 Å². The first-order valence-electron chi connectivity index (χ1n) is 12.4. The van der Waals surface area contributed by atoms with Crippen molar-refractivity contribution in [3.05, 3.63) is 95.9 Å². The molecule has 0 atom stereocenters. The summed E-state index contributed by atoms with van der Waals surface area (Å²) in [6.07, 6.45) is 13.9. The highest BCUT2D eigenvalue weighted by molar-refractivity contribution is 5.89. The van der Waals surface area contributed by atoms with Crippen LogP contribution in [0.5, 0.6) is 0 Å². The lowest BCUT2D eigenvalue weighted by atomic mass is 9.77. The Kier molecular flexibility index (Phi) is 7.92. The van der Waals surface area contributed by atoms with E-state index in [1.165, 1.54) is 37.7 Å². The van der Waals surface area contributed by atoms with Gasteiger partial charge in [-0.1, -0.05) is 54.6 Å². The van der Waals surface area contributed by atoms with Gasteiger partial charge in [-0.3, -0.25) is 0 Å². The first-order chi connectivity index (χ1) is 16.5. The third-order valence-electron chi connectivity index (χ3n) is 7.33. The quantitative estimate of drug-likeness (QED) is 0.292. The average Bonchev–Trinajstić information content (AvgIpc) is 2.86. The topological polar surface area (TPSA) is 0 Å². The molecule has 3 aromatic rings. The summed E-state index contributed by atoms with van der Waals surface area (Å²) in [6.45, 7) is 5.71. The monoisotopic (exact) mass is 462 g/mol. The highest BCUT2D eigenvalue weighted by Gasteiger charge is 2.23. The molecule has 3 aromatic carbocycles. The van der Waals surface area contributed by atoms with Gasteiger partial charge in [0.05, 0.1) is 5.39 Å². The maximum Gasteiger partial charge on any atom is 0.169 e. The lowest BCUT2D eigenvalue weighted by Crippen LogP contribution is -2.13. The minimum Gasteiger partial charge on any atom is -0.206 e. The van der Waals surface area contributed by atoms with Crippen LogP contribution < -0.4 is 0 Å². The van der Waals surface area contributed by atoms with E-state index in [0.717, 1.165) is 12.3 Å². The van der Waals surface area contributed by atoms with Crippen LogP contribution in [0.25, 0.3) is 21.9 Å². The van der Waals surface area contributed by atoms with Crippen LogP contribution in [0, 0.1) is 23.4 Å². The fraction of sp³-hybridized carbons (Fsp3) is 0.355. The molecule has 0 nitrogen and oxygen atoms in total. The van der Waals surface area contributed by atoms with Gasteiger partial charge in [0.25, 0.3) is 0 Å². The lowest BCUT2D eigenvalue weighted by molar-refractivity contribution is 0.312. The summed E-state index contributed by atoms with van der Waals surface area (Å²) in [5, 5.41) is 0.118. The summed E-state index contributed by atoms with van der Waals surface area (Å²) in [4.78, 5) is 0. The summed E-state index contributed by atoms with van der Waals surface area (Å²) < 4.78 is 45.0. The predicted molar refractivity (Wildman–Crippen MR) is 137 cm³/mol. The Labute approximate surface area is 201 Å². The predicted octanol–water partition coefficient (Wildman–Crippen LogP) is 9.67. The smallest absolute Gasteiger partial charge is 0.169 e. The highest BCUT2D eigenvalue weighted by atomic mass is 19.2. The van der Waals surface area contributed by atoms with Gasteiger partial charge in [0.2, 0.25) is 0 Å². The second kappa shape index (κ2) is 11.1. The van der Waals surface area contributed by atoms with Crippen LogP contribution in [0.2, 0.25) is 0 Å². The third-order valence-corrected chi connectivity index (χ3v) is 7.33. The van der Waals surface area contributed by atoms with Gasteiger partial charge in [-0.25, -0.2) is 13.2 Å². The summed E-state index contributed by atoms with van der Waals surface area (Å²) >= 11 is 0. The minimum absolute atomic E-state index is 0.272. The van der Waals surface area contributed by atoms with E-state index in [1.807, 2.05) is 37.3 Å². The van der Waals surface area contributed by atoms with Crippen LogP contribution in [0.15, 0.2) is 67.3 Å². The van der Waals surface area contributed by atoms with Crippen molar-refractivity contribution in [2.75, 3.05) is 0 Å². The molecule has 0 aliphatic heterocycles. The second-order valence-electron chi connectivity index (χ2n) is 9.50. The van der Waals surface area contributed by atoms with E-state index in [2.05, 4.69) is 18.7 Å². The number of rotatable bonds is 8. The van der Waals surface area contributed by atoms with Crippen LogP contribution in [-0.2, 0) is 6.42 Å². The van der Waals surface area contributed by atoms with E-state index < -0.39 is 17.5 Å². The first-order valence-corrected chi connectivity index (χ1v) is 12.4. The van der Waals surface area contributed by atoms with Gasteiger partial charge in [-0.2, -0.15) is 0 Å². The van der Waals surface area contributed by atoms with Gasteiger partial charge in [-0.05, 0) is 98.3 Å². The summed E-state index contributed by atoms with van der Waals surface area (Å²) in [5.41, 5.74) is 2.53. The van der Waals surface area contributed by atoms with Crippen LogP contribution in [0.1, 0.15) is 68.9 Å². The maximum absolute atomic E-state index is 15.4. The van der Waals surface area contributed by atoms with Crippen molar-refractivity contribution in [2.24, 2.45) is 5.92 Å². The van der Waals surface area contributed by atoms with Gasteiger partial charge < -0.3 is 0 Å². The minimum atomic E-state index is -1.10. The SMILES string of the molecule is C=CCCC1CCC(c2ccc(-c3ccc4cc(CC/C=C/C)c(F)c(F)c4c3F)cc2)CC1. The zero-order valence-corrected chi connectivity index (χ0v) is 19.9. The molecule has 4 rings (SSSR count). The molecule has 0 saturated heterocycles. The van der Waals surface area contributed by atoms with Crippen molar-refractivity contribution in [2.45, 2.75) is 64.2 Å². The molecule has 3 heteroatoms. The van der Waals surface area contributed by atoms with Gasteiger partial charge in [-0.15, -0.1) is 6.58 Å². The van der Waals surface area contributed by atoms with Crippen molar-refractivity contribution in [3.63, 3.8) is 0 Å². The number of benzene rings is 3. The molecule has 0 spiro atoms. The van der Waals surface area contributed by atoms with Crippen molar-refractivity contribution in [1.29, 1.82) is 0 Å². The average molecular weight is 463 g/mol. The fourth-order valence-corrected chi connectivity index (χ4v) is 5.32. The summed E-state index contributed by atoms with van der Waals surface area (Å²) in [5.74, 6) is -1.43. The molecule has 0 bridgehead atoms. The molecule has 0 unspecified atom stereocenters. The van der Waals surface area contributed by atoms with Crippen LogP contribution in [-0.4, -0.2) is 0 Å². The second-order valence-corrected chi connectivity index (χ2v) is 9.50.